The number of carbonyl (C=O) groups is 1. The van der Waals surface area contributed by atoms with E-state index < -0.39 is 6.10 Å². The van der Waals surface area contributed by atoms with Crippen LogP contribution >= 0.6 is 11.3 Å². The number of anilines is 1. The van der Waals surface area contributed by atoms with Gasteiger partial charge in [0.1, 0.15) is 10.7 Å². The monoisotopic (exact) mass is 277 g/mol. The van der Waals surface area contributed by atoms with Crippen molar-refractivity contribution in [1.29, 1.82) is 0 Å². The fourth-order valence-electron chi connectivity index (χ4n) is 1.67. The van der Waals surface area contributed by atoms with Crippen molar-refractivity contribution in [2.45, 2.75) is 19.6 Å². The molecule has 1 amide bonds. The number of benzene rings is 1. The maximum atomic E-state index is 12.0. The molecule has 0 radical (unpaired) electrons. The van der Waals surface area contributed by atoms with E-state index in [1.165, 1.54) is 11.3 Å². The van der Waals surface area contributed by atoms with Gasteiger partial charge in [0.15, 0.2) is 0 Å². The summed E-state index contributed by atoms with van der Waals surface area (Å²) in [7, 11) is 0. The number of aliphatic hydroxyl groups is 1. The van der Waals surface area contributed by atoms with Gasteiger partial charge in [0.05, 0.1) is 6.10 Å². The summed E-state index contributed by atoms with van der Waals surface area (Å²) in [6.45, 7) is 1.97. The molecule has 2 aromatic rings. The zero-order chi connectivity index (χ0) is 13.8. The average Bonchev–Trinajstić information content (AvgIpc) is 2.88. The van der Waals surface area contributed by atoms with Gasteiger partial charge in [-0.05, 0) is 13.0 Å². The minimum absolute atomic E-state index is 0.302. The Bertz CT molecular complexity index is 581. The molecule has 4 N–H and O–H groups in total. The molecule has 2 rings (SSSR count). The number of hydrogen-bond acceptors (Lipinski definition) is 5. The molecule has 1 aromatic heterocycles. The van der Waals surface area contributed by atoms with Crippen LogP contribution in [0, 0.1) is 0 Å². The van der Waals surface area contributed by atoms with Crippen LogP contribution in [0.1, 0.15) is 34.1 Å². The number of nitrogens with zero attached hydrogens (tertiary/aromatic N) is 1. The van der Waals surface area contributed by atoms with Gasteiger partial charge in [0, 0.05) is 23.2 Å². The highest BCUT2D eigenvalue weighted by Gasteiger charge is 2.13. The molecule has 0 saturated heterocycles. The lowest BCUT2D eigenvalue weighted by molar-refractivity contribution is 0.102. The van der Waals surface area contributed by atoms with E-state index >= 15 is 0 Å². The molecule has 1 aromatic carbocycles. The highest BCUT2D eigenvalue weighted by Crippen LogP contribution is 2.23. The summed E-state index contributed by atoms with van der Waals surface area (Å²) in [5.41, 5.74) is 7.06. The van der Waals surface area contributed by atoms with Gasteiger partial charge in [0.25, 0.3) is 5.91 Å². The van der Waals surface area contributed by atoms with Gasteiger partial charge >= 0.3 is 0 Å². The lowest BCUT2D eigenvalue weighted by Gasteiger charge is -2.12. The predicted molar refractivity (Wildman–Crippen MR) is 75.0 cm³/mol. The van der Waals surface area contributed by atoms with Gasteiger partial charge < -0.3 is 16.2 Å². The van der Waals surface area contributed by atoms with Gasteiger partial charge in [0.2, 0.25) is 0 Å². The van der Waals surface area contributed by atoms with Crippen LogP contribution in [0.3, 0.4) is 0 Å². The Morgan fingerprint density at radius 1 is 1.53 bits per heavy atom. The molecular formula is C13H15N3O2S. The van der Waals surface area contributed by atoms with E-state index in [1.807, 2.05) is 6.07 Å². The molecule has 1 heterocycles. The van der Waals surface area contributed by atoms with Crippen LogP contribution in [-0.2, 0) is 6.54 Å². The van der Waals surface area contributed by atoms with Gasteiger partial charge in [-0.2, -0.15) is 0 Å². The standard InChI is InChI=1S/C13H15N3O2S/c1-8(17)9-4-2-3-5-10(9)16-13(18)11-7-19-12(6-14)15-11/h2-5,7-8,17H,6,14H2,1H3,(H,16,18). The third kappa shape index (κ3) is 3.17. The number of aromatic nitrogens is 1. The van der Waals surface area contributed by atoms with E-state index in [1.54, 1.807) is 30.5 Å². The predicted octanol–water partition coefficient (Wildman–Crippen LogP) is 1.91. The molecular weight excluding hydrogens is 262 g/mol. The molecule has 0 aliphatic carbocycles. The van der Waals surface area contributed by atoms with Crippen molar-refractivity contribution in [2.24, 2.45) is 5.73 Å². The summed E-state index contributed by atoms with van der Waals surface area (Å²) in [6, 6.07) is 7.13. The molecule has 0 aliphatic heterocycles. The fourth-order valence-corrected chi connectivity index (χ4v) is 2.33. The minimum atomic E-state index is -0.647. The third-order valence-electron chi connectivity index (χ3n) is 2.62. The zero-order valence-corrected chi connectivity index (χ0v) is 11.3. The highest BCUT2D eigenvalue weighted by atomic mass is 32.1. The van der Waals surface area contributed by atoms with E-state index in [4.69, 9.17) is 5.73 Å². The van der Waals surface area contributed by atoms with Crippen molar-refractivity contribution in [2.75, 3.05) is 5.32 Å². The molecule has 0 spiro atoms. The Kier molecular flexibility index (Phi) is 4.26. The summed E-state index contributed by atoms with van der Waals surface area (Å²) in [5, 5.41) is 14.8. The van der Waals surface area contributed by atoms with Crippen molar-refractivity contribution < 1.29 is 9.90 Å². The molecule has 19 heavy (non-hydrogen) atoms. The van der Waals surface area contributed by atoms with Crippen molar-refractivity contribution >= 4 is 22.9 Å². The summed E-state index contributed by atoms with van der Waals surface area (Å²) >= 11 is 1.35. The van der Waals surface area contributed by atoms with E-state index in [9.17, 15) is 9.90 Å². The summed E-state index contributed by atoms with van der Waals surface area (Å²) in [6.07, 6.45) is -0.647. The maximum absolute atomic E-state index is 12.0. The Hall–Kier alpha value is -1.76. The molecule has 100 valence electrons. The van der Waals surface area contributed by atoms with Gasteiger partial charge in [-0.25, -0.2) is 4.98 Å². The second-order valence-electron chi connectivity index (χ2n) is 4.05. The maximum Gasteiger partial charge on any atom is 0.275 e. The SMILES string of the molecule is CC(O)c1ccccc1NC(=O)c1csc(CN)n1. The van der Waals surface area contributed by atoms with Crippen LogP contribution in [0.5, 0.6) is 0 Å². The summed E-state index contributed by atoms with van der Waals surface area (Å²) < 4.78 is 0. The Morgan fingerprint density at radius 3 is 2.89 bits per heavy atom. The third-order valence-corrected chi connectivity index (χ3v) is 3.49. The first-order chi connectivity index (χ1) is 9.11. The van der Waals surface area contributed by atoms with Crippen molar-refractivity contribution in [3.8, 4) is 0 Å². The minimum Gasteiger partial charge on any atom is -0.389 e. The van der Waals surface area contributed by atoms with Crippen LogP contribution in [0.4, 0.5) is 5.69 Å². The number of aliphatic hydroxyl groups excluding tert-OH is 1. The molecule has 1 unspecified atom stereocenters. The molecule has 0 saturated carbocycles. The topological polar surface area (TPSA) is 88.2 Å². The largest absolute Gasteiger partial charge is 0.389 e. The smallest absolute Gasteiger partial charge is 0.275 e. The summed E-state index contributed by atoms with van der Waals surface area (Å²) in [5.74, 6) is -0.302. The summed E-state index contributed by atoms with van der Waals surface area (Å²) in [4.78, 5) is 16.1. The van der Waals surface area contributed by atoms with Crippen LogP contribution in [0.15, 0.2) is 29.6 Å². The second kappa shape index (κ2) is 5.92. The first-order valence-electron chi connectivity index (χ1n) is 5.84. The first kappa shape index (κ1) is 13.7. The normalized spacial score (nSPS) is 12.2. The Balaban J connectivity index is 2.19. The average molecular weight is 277 g/mol. The Morgan fingerprint density at radius 2 is 2.26 bits per heavy atom. The molecule has 6 heteroatoms. The Labute approximate surface area is 115 Å². The van der Waals surface area contributed by atoms with Gasteiger partial charge in [-0.1, -0.05) is 18.2 Å². The lowest BCUT2D eigenvalue weighted by atomic mass is 10.1. The van der Waals surface area contributed by atoms with Crippen molar-refractivity contribution in [3.63, 3.8) is 0 Å². The van der Waals surface area contributed by atoms with Crippen LogP contribution in [0.25, 0.3) is 0 Å². The molecule has 5 nitrogen and oxygen atoms in total. The molecule has 0 bridgehead atoms. The molecule has 0 aliphatic rings. The fraction of sp³-hybridized carbons (Fsp3) is 0.231. The second-order valence-corrected chi connectivity index (χ2v) is 4.99. The zero-order valence-electron chi connectivity index (χ0n) is 10.5. The lowest BCUT2D eigenvalue weighted by Crippen LogP contribution is -2.14. The van der Waals surface area contributed by atoms with E-state index in [0.29, 0.717) is 28.5 Å². The van der Waals surface area contributed by atoms with Crippen molar-refractivity contribution in [3.05, 3.63) is 45.9 Å². The molecule has 1 atom stereocenters. The number of thiazole rings is 1. The number of para-hydroxylation sites is 1. The van der Waals surface area contributed by atoms with Crippen molar-refractivity contribution in [1.82, 2.24) is 4.98 Å². The van der Waals surface area contributed by atoms with Crippen LogP contribution in [0.2, 0.25) is 0 Å². The quantitative estimate of drug-likeness (QED) is 0.796. The van der Waals surface area contributed by atoms with Gasteiger partial charge in [-0.3, -0.25) is 4.79 Å². The number of amides is 1. The van der Waals surface area contributed by atoms with E-state index in [0.717, 1.165) is 0 Å². The number of carbonyl (C=O) groups excluding carboxylic acids is 1. The van der Waals surface area contributed by atoms with E-state index in [-0.39, 0.29) is 5.91 Å². The van der Waals surface area contributed by atoms with Crippen LogP contribution < -0.4 is 11.1 Å². The van der Waals surface area contributed by atoms with E-state index in [2.05, 4.69) is 10.3 Å². The van der Waals surface area contributed by atoms with Crippen LogP contribution in [-0.4, -0.2) is 16.0 Å². The highest BCUT2D eigenvalue weighted by molar-refractivity contribution is 7.09. The molecule has 0 fully saturated rings. The number of nitrogens with two attached hydrogens (primary N) is 1. The first-order valence-corrected chi connectivity index (χ1v) is 6.72. The van der Waals surface area contributed by atoms with Gasteiger partial charge in [-0.15, -0.1) is 11.3 Å². The number of hydrogen-bond donors (Lipinski definition) is 3. The number of nitrogens with one attached hydrogen (secondary N) is 1. The number of rotatable bonds is 4.